The highest BCUT2D eigenvalue weighted by Crippen LogP contribution is 2.23. The van der Waals surface area contributed by atoms with Gasteiger partial charge in [0, 0.05) is 24.7 Å². The van der Waals surface area contributed by atoms with Gasteiger partial charge in [0.1, 0.15) is 12.1 Å². The number of aromatic nitrogens is 4. The summed E-state index contributed by atoms with van der Waals surface area (Å²) in [6.07, 6.45) is 3.29. The normalized spacial score (nSPS) is 15.8. The molecule has 1 unspecified atom stereocenters. The molecule has 2 N–H and O–H groups in total. The van der Waals surface area contributed by atoms with Crippen LogP contribution in [0.4, 0.5) is 16.4 Å². The number of carbonyl (C=O) groups is 1. The van der Waals surface area contributed by atoms with Crippen LogP contribution in [-0.2, 0) is 4.74 Å². The highest BCUT2D eigenvalue weighted by molar-refractivity contribution is 6.01. The highest BCUT2D eigenvalue weighted by Gasteiger charge is 2.25. The Morgan fingerprint density at radius 1 is 1.00 bits per heavy atom. The molecule has 9 nitrogen and oxygen atoms in total. The first-order valence-corrected chi connectivity index (χ1v) is 11.9. The molecule has 1 aliphatic heterocycles. The fraction of sp³-hybridized carbons (Fsp3) is 0.185. The maximum atomic E-state index is 13.0. The minimum atomic E-state index is -0.182. The predicted octanol–water partition coefficient (Wildman–Crippen LogP) is 4.31. The number of hydrogen-bond donors (Lipinski definition) is 2. The summed E-state index contributed by atoms with van der Waals surface area (Å²) in [5.41, 5.74) is 2.69. The van der Waals surface area contributed by atoms with Gasteiger partial charge in [-0.1, -0.05) is 48.5 Å². The van der Waals surface area contributed by atoms with Gasteiger partial charge in [-0.3, -0.25) is 4.57 Å². The van der Waals surface area contributed by atoms with Crippen molar-refractivity contribution < 1.29 is 9.53 Å². The number of morpholine rings is 1. The predicted molar refractivity (Wildman–Crippen MR) is 139 cm³/mol. The monoisotopic (exact) mass is 479 g/mol. The van der Waals surface area contributed by atoms with Gasteiger partial charge in [0.15, 0.2) is 0 Å². The number of nitrogens with one attached hydrogen (secondary N) is 2. The molecule has 36 heavy (non-hydrogen) atoms. The van der Waals surface area contributed by atoms with E-state index in [1.807, 2.05) is 77.4 Å². The number of hydrogen-bond acceptors (Lipinski definition) is 6. The van der Waals surface area contributed by atoms with E-state index in [4.69, 9.17) is 4.74 Å². The standard InChI is InChI=1S/C27H25N7O2/c35-27(31-22-10-5-7-19-6-1-2-8-21(19)22)33-14-15-36-20(17-33)16-29-26-28-13-12-25(32-26)34-18-30-23-9-3-4-11-24(23)34/h1-13,18,20H,14-17H2,(H,31,35)(H,28,29,32). The minimum Gasteiger partial charge on any atom is -0.373 e. The molecule has 0 radical (unpaired) electrons. The third-order valence-electron chi connectivity index (χ3n) is 6.29. The zero-order valence-electron chi connectivity index (χ0n) is 19.5. The van der Waals surface area contributed by atoms with Crippen LogP contribution in [0.2, 0.25) is 0 Å². The van der Waals surface area contributed by atoms with E-state index < -0.39 is 0 Å². The van der Waals surface area contributed by atoms with Gasteiger partial charge < -0.3 is 20.3 Å². The molecule has 0 bridgehead atoms. The third-order valence-corrected chi connectivity index (χ3v) is 6.29. The number of carbonyl (C=O) groups excluding carboxylic acids is 1. The number of anilines is 2. The molecule has 1 aliphatic rings. The Kier molecular flexibility index (Phi) is 5.88. The lowest BCUT2D eigenvalue weighted by Crippen LogP contribution is -2.49. The second-order valence-electron chi connectivity index (χ2n) is 8.62. The van der Waals surface area contributed by atoms with Crippen LogP contribution in [0.5, 0.6) is 0 Å². The Labute approximate surface area is 207 Å². The summed E-state index contributed by atoms with van der Waals surface area (Å²) in [5.74, 6) is 1.22. The van der Waals surface area contributed by atoms with Crippen LogP contribution in [0.1, 0.15) is 0 Å². The number of fused-ring (bicyclic) bond motifs is 2. The molecule has 180 valence electrons. The molecule has 6 rings (SSSR count). The SMILES string of the molecule is O=C(Nc1cccc2ccccc12)N1CCOC(CNc2nccc(-n3cnc4ccccc43)n2)C1. The Morgan fingerprint density at radius 2 is 1.86 bits per heavy atom. The summed E-state index contributed by atoms with van der Waals surface area (Å²) in [6, 6.07) is 23.5. The van der Waals surface area contributed by atoms with Crippen molar-refractivity contribution in [3.8, 4) is 5.82 Å². The summed E-state index contributed by atoms with van der Waals surface area (Å²) in [6.45, 7) is 1.95. The van der Waals surface area contributed by atoms with Crippen molar-refractivity contribution in [2.24, 2.45) is 0 Å². The molecule has 9 heteroatoms. The highest BCUT2D eigenvalue weighted by atomic mass is 16.5. The van der Waals surface area contributed by atoms with Crippen molar-refractivity contribution in [3.05, 3.63) is 85.3 Å². The smallest absolute Gasteiger partial charge is 0.322 e. The molecule has 1 saturated heterocycles. The van der Waals surface area contributed by atoms with Gasteiger partial charge in [0.2, 0.25) is 5.95 Å². The van der Waals surface area contributed by atoms with Crippen molar-refractivity contribution in [1.82, 2.24) is 24.4 Å². The minimum absolute atomic E-state index is 0.134. The van der Waals surface area contributed by atoms with Gasteiger partial charge in [-0.25, -0.2) is 14.8 Å². The van der Waals surface area contributed by atoms with Crippen LogP contribution >= 0.6 is 0 Å². The van der Waals surface area contributed by atoms with Gasteiger partial charge in [0.25, 0.3) is 0 Å². The molecule has 0 spiro atoms. The van der Waals surface area contributed by atoms with E-state index in [2.05, 4.69) is 25.6 Å². The molecular weight excluding hydrogens is 454 g/mol. The molecule has 2 amide bonds. The molecule has 3 aromatic carbocycles. The van der Waals surface area contributed by atoms with Gasteiger partial charge in [0.05, 0.1) is 36.0 Å². The average Bonchev–Trinajstić information content (AvgIpc) is 3.37. The zero-order chi connectivity index (χ0) is 24.3. The number of nitrogens with zero attached hydrogens (tertiary/aromatic N) is 5. The van der Waals surface area contributed by atoms with E-state index in [1.54, 1.807) is 17.4 Å². The van der Waals surface area contributed by atoms with Crippen molar-refractivity contribution in [1.29, 1.82) is 0 Å². The maximum absolute atomic E-state index is 13.0. The van der Waals surface area contributed by atoms with Crippen LogP contribution in [0, 0.1) is 0 Å². The number of amides is 2. The third kappa shape index (κ3) is 4.44. The summed E-state index contributed by atoms with van der Waals surface area (Å²) in [5, 5.41) is 8.43. The van der Waals surface area contributed by atoms with Crippen LogP contribution in [0.25, 0.3) is 27.6 Å². The van der Waals surface area contributed by atoms with E-state index >= 15 is 0 Å². The van der Waals surface area contributed by atoms with Gasteiger partial charge in [-0.2, -0.15) is 4.98 Å². The number of urea groups is 1. The van der Waals surface area contributed by atoms with E-state index in [-0.39, 0.29) is 12.1 Å². The molecule has 0 aliphatic carbocycles. The molecule has 5 aromatic rings. The second-order valence-corrected chi connectivity index (χ2v) is 8.62. The molecule has 1 atom stereocenters. The average molecular weight is 480 g/mol. The van der Waals surface area contributed by atoms with Crippen molar-refractivity contribution in [3.63, 3.8) is 0 Å². The van der Waals surface area contributed by atoms with Crippen molar-refractivity contribution >= 4 is 39.5 Å². The van der Waals surface area contributed by atoms with Gasteiger partial charge in [-0.15, -0.1) is 0 Å². The molecule has 0 saturated carbocycles. The number of benzene rings is 3. The quantitative estimate of drug-likeness (QED) is 0.390. The Balaban J connectivity index is 1.10. The first-order chi connectivity index (χ1) is 17.7. The molecule has 2 aromatic heterocycles. The molecule has 3 heterocycles. The number of para-hydroxylation sites is 2. The fourth-order valence-electron chi connectivity index (χ4n) is 4.47. The van der Waals surface area contributed by atoms with E-state index in [0.29, 0.717) is 32.2 Å². The van der Waals surface area contributed by atoms with Gasteiger partial charge in [-0.05, 0) is 29.7 Å². The molecular formula is C27H25N7O2. The maximum Gasteiger partial charge on any atom is 0.322 e. The Bertz CT molecular complexity index is 1530. The van der Waals surface area contributed by atoms with E-state index in [9.17, 15) is 4.79 Å². The number of imidazole rings is 1. The Hall–Kier alpha value is -4.50. The van der Waals surface area contributed by atoms with Crippen LogP contribution in [0.3, 0.4) is 0 Å². The lowest BCUT2D eigenvalue weighted by molar-refractivity contribution is -0.00452. The van der Waals surface area contributed by atoms with E-state index in [0.717, 1.165) is 33.3 Å². The lowest BCUT2D eigenvalue weighted by atomic mass is 10.1. The lowest BCUT2D eigenvalue weighted by Gasteiger charge is -2.33. The van der Waals surface area contributed by atoms with Crippen LogP contribution < -0.4 is 10.6 Å². The number of ether oxygens (including phenoxy) is 1. The topological polar surface area (TPSA) is 97.2 Å². The number of rotatable bonds is 5. The zero-order valence-corrected chi connectivity index (χ0v) is 19.5. The van der Waals surface area contributed by atoms with Crippen molar-refractivity contribution in [2.75, 3.05) is 36.9 Å². The molecule has 1 fully saturated rings. The first-order valence-electron chi connectivity index (χ1n) is 11.9. The van der Waals surface area contributed by atoms with Crippen LogP contribution in [0.15, 0.2) is 85.3 Å². The van der Waals surface area contributed by atoms with E-state index in [1.165, 1.54) is 0 Å². The Morgan fingerprint density at radius 3 is 2.83 bits per heavy atom. The summed E-state index contributed by atoms with van der Waals surface area (Å²) >= 11 is 0. The second kappa shape index (κ2) is 9.63. The van der Waals surface area contributed by atoms with Gasteiger partial charge >= 0.3 is 6.03 Å². The fourth-order valence-corrected chi connectivity index (χ4v) is 4.47. The largest absolute Gasteiger partial charge is 0.373 e. The van der Waals surface area contributed by atoms with Crippen LogP contribution in [-0.4, -0.2) is 62.8 Å². The summed E-state index contributed by atoms with van der Waals surface area (Å²) in [4.78, 5) is 28.2. The first kappa shape index (κ1) is 22.0. The van der Waals surface area contributed by atoms with Crippen molar-refractivity contribution in [2.45, 2.75) is 6.10 Å². The summed E-state index contributed by atoms with van der Waals surface area (Å²) in [7, 11) is 0. The summed E-state index contributed by atoms with van der Waals surface area (Å²) < 4.78 is 7.83.